The summed E-state index contributed by atoms with van der Waals surface area (Å²) in [5.74, 6) is 1.20. The van der Waals surface area contributed by atoms with Gasteiger partial charge in [-0.1, -0.05) is 25.4 Å². The Morgan fingerprint density at radius 1 is 1.32 bits per heavy atom. The molecule has 0 aliphatic rings. The van der Waals surface area contributed by atoms with E-state index in [2.05, 4.69) is 34.4 Å². The maximum Gasteiger partial charge on any atom is 0.353 e. The molecule has 1 heterocycles. The highest BCUT2D eigenvalue weighted by atomic mass is 35.5. The van der Waals surface area contributed by atoms with Crippen LogP contribution in [0.25, 0.3) is 0 Å². The maximum atomic E-state index is 11.5. The number of rotatable bonds is 8. The van der Waals surface area contributed by atoms with Crippen molar-refractivity contribution in [2.75, 3.05) is 24.3 Å². The van der Waals surface area contributed by atoms with Gasteiger partial charge in [-0.3, -0.25) is 10.1 Å². The first-order valence-corrected chi connectivity index (χ1v) is 8.14. The molecule has 1 aromatic heterocycles. The van der Waals surface area contributed by atoms with Crippen LogP contribution in [0.1, 0.15) is 20.3 Å². The van der Waals surface area contributed by atoms with Gasteiger partial charge < -0.3 is 15.4 Å². The number of hydrogen-bond donors (Lipinski definition) is 2. The van der Waals surface area contributed by atoms with Crippen LogP contribution in [-0.2, 0) is 0 Å². The summed E-state index contributed by atoms with van der Waals surface area (Å²) in [7, 11) is 1.50. The van der Waals surface area contributed by atoms with Crippen molar-refractivity contribution in [3.8, 4) is 5.75 Å². The third kappa shape index (κ3) is 4.93. The minimum absolute atomic E-state index is 0.0626. The third-order valence-corrected chi connectivity index (χ3v) is 3.67. The standard InChI is InChI=1S/C16H20ClN5O3/c1-10(2)6-7-18-15-14(22(23)24)16(20-9-19-15)21-12-8-11(17)4-5-13(12)25-3/h4-5,8-10H,6-7H2,1-3H3,(H2,18,19,20,21). The maximum absolute atomic E-state index is 11.5. The molecule has 1 aromatic carbocycles. The summed E-state index contributed by atoms with van der Waals surface area (Å²) in [4.78, 5) is 19.0. The number of ether oxygens (including phenoxy) is 1. The van der Waals surface area contributed by atoms with Gasteiger partial charge in [-0.05, 0) is 30.5 Å². The van der Waals surface area contributed by atoms with E-state index in [1.165, 1.54) is 13.4 Å². The molecule has 9 heteroatoms. The Hall–Kier alpha value is -2.61. The SMILES string of the molecule is COc1ccc(Cl)cc1Nc1ncnc(NCCC(C)C)c1[N+](=O)[O-]. The summed E-state index contributed by atoms with van der Waals surface area (Å²) >= 11 is 6.00. The molecule has 0 aliphatic carbocycles. The molecular weight excluding hydrogens is 346 g/mol. The summed E-state index contributed by atoms with van der Waals surface area (Å²) in [6, 6.07) is 4.94. The Kier molecular flexibility index (Phi) is 6.35. The average Bonchev–Trinajstić information content (AvgIpc) is 2.54. The minimum atomic E-state index is -0.517. The van der Waals surface area contributed by atoms with Crippen LogP contribution in [0, 0.1) is 16.0 Å². The van der Waals surface area contributed by atoms with Crippen molar-refractivity contribution in [2.24, 2.45) is 5.92 Å². The van der Waals surface area contributed by atoms with Crippen LogP contribution in [0.3, 0.4) is 0 Å². The molecule has 0 amide bonds. The Morgan fingerprint density at radius 2 is 2.04 bits per heavy atom. The smallest absolute Gasteiger partial charge is 0.353 e. The summed E-state index contributed by atoms with van der Waals surface area (Å²) in [6.07, 6.45) is 2.14. The van der Waals surface area contributed by atoms with Crippen molar-refractivity contribution in [1.82, 2.24) is 9.97 Å². The number of benzene rings is 1. The lowest BCUT2D eigenvalue weighted by molar-refractivity contribution is -0.383. The number of methoxy groups -OCH3 is 1. The zero-order chi connectivity index (χ0) is 18.4. The fourth-order valence-corrected chi connectivity index (χ4v) is 2.33. The Balaban J connectivity index is 2.34. The molecule has 0 spiro atoms. The highest BCUT2D eigenvalue weighted by molar-refractivity contribution is 6.31. The van der Waals surface area contributed by atoms with Crippen LogP contribution < -0.4 is 15.4 Å². The van der Waals surface area contributed by atoms with E-state index in [-0.39, 0.29) is 17.3 Å². The van der Waals surface area contributed by atoms with E-state index < -0.39 is 4.92 Å². The first kappa shape index (κ1) is 18.7. The number of hydrogen-bond acceptors (Lipinski definition) is 7. The molecule has 0 bridgehead atoms. The number of nitrogens with zero attached hydrogens (tertiary/aromatic N) is 3. The molecule has 2 N–H and O–H groups in total. The van der Waals surface area contributed by atoms with Gasteiger partial charge in [0.25, 0.3) is 0 Å². The van der Waals surface area contributed by atoms with Gasteiger partial charge in [0.05, 0.1) is 17.7 Å². The van der Waals surface area contributed by atoms with Gasteiger partial charge in [0, 0.05) is 11.6 Å². The molecule has 0 unspecified atom stereocenters. The van der Waals surface area contributed by atoms with Gasteiger partial charge in [-0.2, -0.15) is 0 Å². The van der Waals surface area contributed by atoms with E-state index in [1.807, 2.05) is 0 Å². The van der Waals surface area contributed by atoms with E-state index in [0.29, 0.717) is 28.9 Å². The van der Waals surface area contributed by atoms with Crippen LogP contribution in [0.5, 0.6) is 5.75 Å². The number of nitro groups is 1. The van der Waals surface area contributed by atoms with Crippen LogP contribution in [0.15, 0.2) is 24.5 Å². The van der Waals surface area contributed by atoms with Crippen molar-refractivity contribution in [3.63, 3.8) is 0 Å². The second-order valence-corrected chi connectivity index (χ2v) is 6.19. The molecule has 0 atom stereocenters. The van der Waals surface area contributed by atoms with Crippen molar-refractivity contribution in [2.45, 2.75) is 20.3 Å². The zero-order valence-electron chi connectivity index (χ0n) is 14.2. The lowest BCUT2D eigenvalue weighted by Gasteiger charge is -2.13. The van der Waals surface area contributed by atoms with Gasteiger partial charge in [0.15, 0.2) is 0 Å². The molecule has 0 saturated carbocycles. The van der Waals surface area contributed by atoms with E-state index in [0.717, 1.165) is 6.42 Å². The molecule has 0 saturated heterocycles. The average molecular weight is 366 g/mol. The Labute approximate surface area is 150 Å². The topological polar surface area (TPSA) is 102 Å². The predicted octanol–water partition coefficient (Wildman–Crippen LogP) is 4.25. The van der Waals surface area contributed by atoms with Crippen molar-refractivity contribution in [1.29, 1.82) is 0 Å². The summed E-state index contributed by atoms with van der Waals surface area (Å²) in [5, 5.41) is 17.9. The molecular formula is C16H20ClN5O3. The molecule has 2 aromatic rings. The Bertz CT molecular complexity index is 755. The van der Waals surface area contributed by atoms with E-state index in [9.17, 15) is 10.1 Å². The van der Waals surface area contributed by atoms with Crippen LogP contribution in [-0.4, -0.2) is 28.5 Å². The van der Waals surface area contributed by atoms with Crippen molar-refractivity contribution in [3.05, 3.63) is 39.7 Å². The molecule has 134 valence electrons. The largest absolute Gasteiger partial charge is 0.495 e. The number of anilines is 3. The highest BCUT2D eigenvalue weighted by Gasteiger charge is 2.23. The van der Waals surface area contributed by atoms with Gasteiger partial charge >= 0.3 is 5.69 Å². The van der Waals surface area contributed by atoms with Gasteiger partial charge in [0.1, 0.15) is 12.1 Å². The summed E-state index contributed by atoms with van der Waals surface area (Å²) in [6.45, 7) is 4.73. The molecule has 2 rings (SSSR count). The lowest BCUT2D eigenvalue weighted by atomic mass is 10.1. The molecule has 8 nitrogen and oxygen atoms in total. The van der Waals surface area contributed by atoms with Crippen LogP contribution in [0.4, 0.5) is 23.0 Å². The van der Waals surface area contributed by atoms with E-state index in [4.69, 9.17) is 16.3 Å². The molecule has 0 radical (unpaired) electrons. The third-order valence-electron chi connectivity index (χ3n) is 3.43. The summed E-state index contributed by atoms with van der Waals surface area (Å²) < 4.78 is 5.24. The van der Waals surface area contributed by atoms with E-state index in [1.54, 1.807) is 18.2 Å². The van der Waals surface area contributed by atoms with Crippen molar-refractivity contribution >= 4 is 34.6 Å². The normalized spacial score (nSPS) is 10.6. The lowest BCUT2D eigenvalue weighted by Crippen LogP contribution is -2.10. The monoisotopic (exact) mass is 365 g/mol. The quantitative estimate of drug-likeness (QED) is 0.532. The Morgan fingerprint density at radius 3 is 2.68 bits per heavy atom. The van der Waals surface area contributed by atoms with Gasteiger partial charge in [-0.15, -0.1) is 0 Å². The van der Waals surface area contributed by atoms with Gasteiger partial charge in [-0.25, -0.2) is 9.97 Å². The second-order valence-electron chi connectivity index (χ2n) is 5.76. The summed E-state index contributed by atoms with van der Waals surface area (Å²) in [5.41, 5.74) is 0.248. The van der Waals surface area contributed by atoms with Crippen LogP contribution >= 0.6 is 11.6 Å². The van der Waals surface area contributed by atoms with Gasteiger partial charge in [0.2, 0.25) is 11.6 Å². The molecule has 0 fully saturated rings. The minimum Gasteiger partial charge on any atom is -0.495 e. The number of nitrogens with one attached hydrogen (secondary N) is 2. The molecule has 0 aliphatic heterocycles. The first-order chi connectivity index (χ1) is 11.9. The predicted molar refractivity (Wildman–Crippen MR) is 97.9 cm³/mol. The second kappa shape index (κ2) is 8.48. The van der Waals surface area contributed by atoms with Crippen LogP contribution in [0.2, 0.25) is 5.02 Å². The van der Waals surface area contributed by atoms with E-state index >= 15 is 0 Å². The number of halogens is 1. The number of aromatic nitrogens is 2. The first-order valence-electron chi connectivity index (χ1n) is 7.76. The fourth-order valence-electron chi connectivity index (χ4n) is 2.16. The zero-order valence-corrected chi connectivity index (χ0v) is 15.0. The highest BCUT2D eigenvalue weighted by Crippen LogP contribution is 2.35. The van der Waals surface area contributed by atoms with Crippen molar-refractivity contribution < 1.29 is 9.66 Å². The molecule has 25 heavy (non-hydrogen) atoms. The fraction of sp³-hybridized carbons (Fsp3) is 0.375.